The molecule has 0 saturated heterocycles. The Morgan fingerprint density at radius 2 is 2.11 bits per heavy atom. The van der Waals surface area contributed by atoms with Crippen LogP contribution < -0.4 is 5.32 Å². The van der Waals surface area contributed by atoms with Crippen LogP contribution in [0.1, 0.15) is 38.3 Å². The molecule has 1 heterocycles. The maximum absolute atomic E-state index is 12.9. The molecule has 0 amide bonds. The lowest BCUT2D eigenvalue weighted by molar-refractivity contribution is -0.384. The van der Waals surface area contributed by atoms with Gasteiger partial charge in [-0.25, -0.2) is 17.5 Å². The fraction of sp³-hybridized carbons (Fsp3) is 0.375. The number of allylic oxidation sites excluding steroid dienone is 1. The van der Waals surface area contributed by atoms with Crippen LogP contribution in [0, 0.1) is 10.1 Å². The Bertz CT molecular complexity index is 926. The summed E-state index contributed by atoms with van der Waals surface area (Å²) in [5.41, 5.74) is -0.162. The molecule has 0 aliphatic carbocycles. The van der Waals surface area contributed by atoms with Crippen molar-refractivity contribution < 1.29 is 23.2 Å². The van der Waals surface area contributed by atoms with E-state index >= 15 is 0 Å². The molecule has 0 saturated carbocycles. The first-order chi connectivity index (χ1) is 12.6. The van der Waals surface area contributed by atoms with Gasteiger partial charge >= 0.3 is 5.97 Å². The van der Waals surface area contributed by atoms with Crippen LogP contribution in [0.25, 0.3) is 0 Å². The fourth-order valence-electron chi connectivity index (χ4n) is 2.82. The van der Waals surface area contributed by atoms with Crippen molar-refractivity contribution in [2.45, 2.75) is 32.7 Å². The Morgan fingerprint density at radius 1 is 1.44 bits per heavy atom. The van der Waals surface area contributed by atoms with Crippen LogP contribution in [0.15, 0.2) is 35.5 Å². The molecule has 0 radical (unpaired) electrons. The zero-order valence-electron chi connectivity index (χ0n) is 14.7. The molecule has 0 aromatic heterocycles. The Hall–Kier alpha value is -2.53. The lowest BCUT2D eigenvalue weighted by Crippen LogP contribution is -2.51. The number of nitro groups is 1. The summed E-state index contributed by atoms with van der Waals surface area (Å²) in [6.45, 7) is 3.29. The van der Waals surface area contributed by atoms with Gasteiger partial charge < -0.3 is 10.4 Å². The highest BCUT2D eigenvalue weighted by Crippen LogP contribution is 2.37. The Kier molecular flexibility index (Phi) is 6.16. The number of nitrogens with zero attached hydrogens (tertiary/aromatic N) is 2. The highest BCUT2D eigenvalue weighted by Gasteiger charge is 2.42. The second kappa shape index (κ2) is 8.01. The van der Waals surface area contributed by atoms with Gasteiger partial charge in [0.2, 0.25) is 10.0 Å². The molecule has 1 unspecified atom stereocenters. The van der Waals surface area contributed by atoms with E-state index in [1.165, 1.54) is 25.1 Å². The van der Waals surface area contributed by atoms with Crippen LogP contribution in [0.2, 0.25) is 0 Å². The molecule has 1 aliphatic rings. The van der Waals surface area contributed by atoms with E-state index in [1.807, 2.05) is 6.92 Å². The quantitative estimate of drug-likeness (QED) is 0.396. The number of rotatable bonds is 7. The molecule has 1 aromatic rings. The molecule has 1 aromatic carbocycles. The number of carboxylic acid groups (broad SMARTS) is 1. The zero-order valence-corrected chi connectivity index (χ0v) is 16.3. The second-order valence-corrected chi connectivity index (χ2v) is 8.35. The monoisotopic (exact) mass is 413 g/mol. The van der Waals surface area contributed by atoms with Crippen molar-refractivity contribution in [3.63, 3.8) is 0 Å². The van der Waals surface area contributed by atoms with Crippen LogP contribution in [-0.4, -0.2) is 39.6 Å². The second-order valence-electron chi connectivity index (χ2n) is 5.99. The molecular formula is C16H19N3O6S2. The number of nitrogens with one attached hydrogen (secondary N) is 1. The first-order valence-corrected chi connectivity index (χ1v) is 10.1. The number of unbranched alkanes of at least 4 members (excludes halogenated alkanes) is 1. The summed E-state index contributed by atoms with van der Waals surface area (Å²) in [5.74, 6) is -1.56. The number of nitro benzene ring substituents is 1. The van der Waals surface area contributed by atoms with Gasteiger partial charge in [-0.15, -0.1) is 0 Å². The largest absolute Gasteiger partial charge is 0.478 e. The minimum absolute atomic E-state index is 0.157. The van der Waals surface area contributed by atoms with Crippen molar-refractivity contribution in [2.75, 3.05) is 5.75 Å². The summed E-state index contributed by atoms with van der Waals surface area (Å²) in [7, 11) is -3.95. The Balaban J connectivity index is 2.71. The molecule has 1 aliphatic heterocycles. The number of benzene rings is 1. The van der Waals surface area contributed by atoms with Crippen LogP contribution in [0.4, 0.5) is 5.69 Å². The maximum atomic E-state index is 12.9. The number of aliphatic carboxylic acids is 1. The molecular weight excluding hydrogens is 394 g/mol. The molecule has 146 valence electrons. The SMILES string of the molecule is CCCCS(=O)(=O)N1C(=S)NC(C)=C(C(=O)O)C1c1cccc([N+](=O)[O-])c1. The highest BCUT2D eigenvalue weighted by atomic mass is 32.2. The third kappa shape index (κ3) is 4.25. The van der Waals surface area contributed by atoms with Crippen molar-refractivity contribution in [1.82, 2.24) is 9.62 Å². The number of thiocarbonyl (C=S) groups is 1. The standard InChI is InChI=1S/C16H19N3O6S2/c1-3-4-8-27(24,25)18-14(11-6-5-7-12(9-11)19(22)23)13(15(20)21)10(2)17-16(18)26/h5-7,9,14H,3-4,8H2,1-2H3,(H,17,26)(H,20,21). The van der Waals surface area contributed by atoms with E-state index in [9.17, 15) is 28.4 Å². The van der Waals surface area contributed by atoms with Crippen molar-refractivity contribution in [3.05, 3.63) is 51.2 Å². The third-order valence-corrected chi connectivity index (χ3v) is 6.30. The molecule has 2 N–H and O–H groups in total. The van der Waals surface area contributed by atoms with Gasteiger partial charge in [0.1, 0.15) is 6.04 Å². The average molecular weight is 413 g/mol. The number of sulfonamides is 1. The predicted molar refractivity (Wildman–Crippen MR) is 102 cm³/mol. The summed E-state index contributed by atoms with van der Waals surface area (Å²) in [6, 6.07) is 3.94. The van der Waals surface area contributed by atoms with Crippen molar-refractivity contribution in [3.8, 4) is 0 Å². The summed E-state index contributed by atoms with van der Waals surface area (Å²) in [4.78, 5) is 22.3. The molecule has 0 fully saturated rings. The molecule has 0 bridgehead atoms. The van der Waals surface area contributed by atoms with Crippen LogP contribution >= 0.6 is 12.2 Å². The molecule has 11 heteroatoms. The summed E-state index contributed by atoms with van der Waals surface area (Å²) < 4.78 is 26.6. The molecule has 9 nitrogen and oxygen atoms in total. The van der Waals surface area contributed by atoms with Crippen LogP contribution in [0.3, 0.4) is 0 Å². The van der Waals surface area contributed by atoms with E-state index in [0.717, 1.165) is 10.4 Å². The molecule has 2 rings (SSSR count). The summed E-state index contributed by atoms with van der Waals surface area (Å²) in [6.07, 6.45) is 0.990. The number of hydrogen-bond acceptors (Lipinski definition) is 6. The van der Waals surface area contributed by atoms with Gasteiger partial charge in [-0.2, -0.15) is 0 Å². The normalized spacial score (nSPS) is 17.6. The average Bonchev–Trinajstić information content (AvgIpc) is 2.58. The van der Waals surface area contributed by atoms with E-state index in [4.69, 9.17) is 12.2 Å². The summed E-state index contributed by atoms with van der Waals surface area (Å²) in [5, 5.41) is 23.2. The molecule has 0 spiro atoms. The van der Waals surface area contributed by atoms with E-state index in [1.54, 1.807) is 0 Å². The van der Waals surface area contributed by atoms with Crippen molar-refractivity contribution >= 4 is 39.0 Å². The lowest BCUT2D eigenvalue weighted by Gasteiger charge is -2.38. The predicted octanol–water partition coefficient (Wildman–Crippen LogP) is 2.31. The maximum Gasteiger partial charge on any atom is 0.335 e. The van der Waals surface area contributed by atoms with Gasteiger partial charge in [0.05, 0.1) is 16.2 Å². The van der Waals surface area contributed by atoms with Crippen molar-refractivity contribution in [2.24, 2.45) is 0 Å². The number of carbonyl (C=O) groups is 1. The zero-order chi connectivity index (χ0) is 20.4. The summed E-state index contributed by atoms with van der Waals surface area (Å²) >= 11 is 5.18. The van der Waals surface area contributed by atoms with Gasteiger partial charge in [0.25, 0.3) is 5.69 Å². The van der Waals surface area contributed by atoms with Gasteiger partial charge in [0.15, 0.2) is 5.11 Å². The molecule has 27 heavy (non-hydrogen) atoms. The third-order valence-electron chi connectivity index (χ3n) is 4.09. The van der Waals surface area contributed by atoms with Gasteiger partial charge in [0, 0.05) is 17.8 Å². The topological polar surface area (TPSA) is 130 Å². The Labute approximate surface area is 161 Å². The van der Waals surface area contributed by atoms with Gasteiger partial charge in [-0.1, -0.05) is 25.5 Å². The highest BCUT2D eigenvalue weighted by molar-refractivity contribution is 7.91. The van der Waals surface area contributed by atoms with E-state index < -0.39 is 27.0 Å². The van der Waals surface area contributed by atoms with Crippen molar-refractivity contribution in [1.29, 1.82) is 0 Å². The van der Waals surface area contributed by atoms with E-state index in [0.29, 0.717) is 12.8 Å². The van der Waals surface area contributed by atoms with Gasteiger partial charge in [-0.3, -0.25) is 10.1 Å². The minimum atomic E-state index is -3.95. The number of carboxylic acids is 1. The lowest BCUT2D eigenvalue weighted by atomic mass is 9.95. The first-order valence-electron chi connectivity index (χ1n) is 8.11. The van der Waals surface area contributed by atoms with E-state index in [2.05, 4.69) is 5.32 Å². The van der Waals surface area contributed by atoms with Gasteiger partial charge in [-0.05, 0) is 31.1 Å². The van der Waals surface area contributed by atoms with E-state index in [-0.39, 0.29) is 33.4 Å². The number of hydrogen-bond donors (Lipinski definition) is 2. The number of non-ortho nitro benzene ring substituents is 1. The first kappa shape index (κ1) is 20.8. The van der Waals surface area contributed by atoms with Crippen LogP contribution in [0.5, 0.6) is 0 Å². The Morgan fingerprint density at radius 3 is 2.67 bits per heavy atom. The van der Waals surface area contributed by atoms with Crippen LogP contribution in [-0.2, 0) is 14.8 Å². The fourth-order valence-corrected chi connectivity index (χ4v) is 5.12. The molecule has 1 atom stereocenters. The smallest absolute Gasteiger partial charge is 0.335 e. The minimum Gasteiger partial charge on any atom is -0.478 e.